The van der Waals surface area contributed by atoms with Crippen molar-refractivity contribution >= 4 is 45.7 Å². The molecular weight excluding hydrogens is 491 g/mol. The van der Waals surface area contributed by atoms with E-state index < -0.39 is 9.84 Å². The predicted molar refractivity (Wildman–Crippen MR) is 124 cm³/mol. The van der Waals surface area contributed by atoms with Crippen molar-refractivity contribution in [2.45, 2.75) is 38.6 Å². The number of hydrogen-bond acceptors (Lipinski definition) is 4. The third-order valence-electron chi connectivity index (χ3n) is 4.47. The lowest BCUT2D eigenvalue weighted by Gasteiger charge is -2.20. The topological polar surface area (TPSA) is 90.9 Å². The number of hydrogen-bond donors (Lipinski definition) is 2. The fraction of sp³-hybridized carbons (Fsp3) is 0.579. The molecule has 1 unspecified atom stereocenters. The van der Waals surface area contributed by atoms with E-state index in [1.165, 1.54) is 6.26 Å². The van der Waals surface area contributed by atoms with Crippen molar-refractivity contribution < 1.29 is 13.2 Å². The summed E-state index contributed by atoms with van der Waals surface area (Å²) in [7, 11) is -1.30. The fourth-order valence-electron chi connectivity index (χ4n) is 3.07. The van der Waals surface area contributed by atoms with Gasteiger partial charge in [0.25, 0.3) is 0 Å². The van der Waals surface area contributed by atoms with Gasteiger partial charge in [-0.1, -0.05) is 38.1 Å². The van der Waals surface area contributed by atoms with Gasteiger partial charge in [0.15, 0.2) is 15.8 Å². The average molecular weight is 522 g/mol. The summed E-state index contributed by atoms with van der Waals surface area (Å²) < 4.78 is 22.7. The number of likely N-dealkylation sites (tertiary alicyclic amines) is 1. The lowest BCUT2D eigenvalue weighted by molar-refractivity contribution is -0.133. The average Bonchev–Trinajstić information content (AvgIpc) is 3.06. The molecule has 1 aromatic rings. The van der Waals surface area contributed by atoms with Gasteiger partial charge in [0.1, 0.15) is 0 Å². The molecule has 0 bridgehead atoms. The van der Waals surface area contributed by atoms with E-state index in [-0.39, 0.29) is 47.6 Å². The highest BCUT2D eigenvalue weighted by molar-refractivity contribution is 14.0. The van der Waals surface area contributed by atoms with E-state index in [4.69, 9.17) is 0 Å². The molecule has 1 amide bonds. The Hall–Kier alpha value is -1.36. The first-order valence-corrected chi connectivity index (χ1v) is 11.3. The molecule has 0 spiro atoms. The monoisotopic (exact) mass is 522 g/mol. The molecule has 158 valence electrons. The van der Waals surface area contributed by atoms with E-state index >= 15 is 0 Å². The molecule has 1 aliphatic rings. The molecular formula is C19H31IN4O3S. The van der Waals surface area contributed by atoms with E-state index in [2.05, 4.69) is 15.6 Å². The van der Waals surface area contributed by atoms with Gasteiger partial charge >= 0.3 is 0 Å². The lowest BCUT2D eigenvalue weighted by Crippen LogP contribution is -2.45. The number of guanidine groups is 1. The first-order chi connectivity index (χ1) is 12.7. The lowest BCUT2D eigenvalue weighted by atomic mass is 10.1. The Kier molecular flexibility index (Phi) is 9.68. The fourth-order valence-corrected chi connectivity index (χ4v) is 3.87. The molecule has 1 saturated heterocycles. The maximum absolute atomic E-state index is 12.1. The second kappa shape index (κ2) is 11.0. The van der Waals surface area contributed by atoms with Gasteiger partial charge in [-0.15, -0.1) is 24.0 Å². The molecule has 1 aromatic carbocycles. The second-order valence-corrected chi connectivity index (χ2v) is 9.52. The van der Waals surface area contributed by atoms with Gasteiger partial charge in [0.2, 0.25) is 5.91 Å². The van der Waals surface area contributed by atoms with Crippen LogP contribution in [0, 0.1) is 5.92 Å². The Morgan fingerprint density at radius 3 is 2.39 bits per heavy atom. The Labute approximate surface area is 185 Å². The van der Waals surface area contributed by atoms with Crippen molar-refractivity contribution in [3.8, 4) is 0 Å². The highest BCUT2D eigenvalue weighted by Gasteiger charge is 2.27. The normalized spacial score (nSPS) is 17.4. The van der Waals surface area contributed by atoms with Crippen LogP contribution in [0.2, 0.25) is 0 Å². The van der Waals surface area contributed by atoms with Crippen LogP contribution in [0.15, 0.2) is 29.3 Å². The summed E-state index contributed by atoms with van der Waals surface area (Å²) in [4.78, 5) is 18.2. The first-order valence-electron chi connectivity index (χ1n) is 9.19. The molecule has 28 heavy (non-hydrogen) atoms. The molecule has 2 rings (SSSR count). The van der Waals surface area contributed by atoms with Crippen LogP contribution in [0.5, 0.6) is 0 Å². The van der Waals surface area contributed by atoms with Gasteiger partial charge in [0.05, 0.1) is 5.75 Å². The summed E-state index contributed by atoms with van der Waals surface area (Å²) in [5, 5.41) is 6.63. The molecule has 0 radical (unpaired) electrons. The molecule has 1 fully saturated rings. The largest absolute Gasteiger partial charge is 0.352 e. The van der Waals surface area contributed by atoms with Gasteiger partial charge < -0.3 is 15.5 Å². The summed E-state index contributed by atoms with van der Waals surface area (Å²) in [6.45, 7) is 5.89. The zero-order chi connectivity index (χ0) is 20.0. The van der Waals surface area contributed by atoms with Crippen LogP contribution in [0.3, 0.4) is 0 Å². The zero-order valence-corrected chi connectivity index (χ0v) is 20.1. The van der Waals surface area contributed by atoms with Crippen LogP contribution in [-0.4, -0.2) is 57.6 Å². The third kappa shape index (κ3) is 7.94. The van der Waals surface area contributed by atoms with Crippen LogP contribution in [0.25, 0.3) is 0 Å². The number of rotatable bonds is 6. The Morgan fingerprint density at radius 2 is 1.86 bits per heavy atom. The van der Waals surface area contributed by atoms with Crippen LogP contribution >= 0.6 is 24.0 Å². The standard InChI is InChI=1S/C19H30N4O3S.HI/c1-14(2)18(24)23-10-9-17(12-23)22-19(20-3)21-11-15-5-7-16(8-6-15)13-27(4,25)26;/h5-8,14,17H,9-13H2,1-4H3,(H2,20,21,22);1H. The van der Waals surface area contributed by atoms with E-state index in [0.29, 0.717) is 19.0 Å². The number of halogens is 1. The number of aliphatic imine (C=N–C) groups is 1. The molecule has 7 nitrogen and oxygen atoms in total. The summed E-state index contributed by atoms with van der Waals surface area (Å²) in [6.07, 6.45) is 2.14. The number of benzene rings is 1. The smallest absolute Gasteiger partial charge is 0.225 e. The van der Waals surface area contributed by atoms with Gasteiger partial charge in [0, 0.05) is 44.9 Å². The highest BCUT2D eigenvalue weighted by Crippen LogP contribution is 2.13. The highest BCUT2D eigenvalue weighted by atomic mass is 127. The zero-order valence-electron chi connectivity index (χ0n) is 16.9. The van der Waals surface area contributed by atoms with Crippen LogP contribution in [-0.2, 0) is 26.9 Å². The molecule has 1 aliphatic heterocycles. The van der Waals surface area contributed by atoms with Crippen molar-refractivity contribution in [1.29, 1.82) is 0 Å². The molecule has 0 aromatic heterocycles. The SMILES string of the molecule is CN=C(NCc1ccc(CS(C)(=O)=O)cc1)NC1CCN(C(=O)C(C)C)C1.I. The molecule has 1 heterocycles. The van der Waals surface area contributed by atoms with Crippen molar-refractivity contribution in [1.82, 2.24) is 15.5 Å². The summed E-state index contributed by atoms with van der Waals surface area (Å²) >= 11 is 0. The van der Waals surface area contributed by atoms with E-state index in [1.807, 2.05) is 43.0 Å². The molecule has 1 atom stereocenters. The minimum Gasteiger partial charge on any atom is -0.352 e. The Balaban J connectivity index is 0.00000392. The molecule has 2 N–H and O–H groups in total. The Bertz CT molecular complexity index is 779. The van der Waals surface area contributed by atoms with Crippen molar-refractivity contribution in [2.75, 3.05) is 26.4 Å². The number of nitrogens with zero attached hydrogens (tertiary/aromatic N) is 2. The van der Waals surface area contributed by atoms with Gasteiger partial charge in [-0.05, 0) is 17.5 Å². The van der Waals surface area contributed by atoms with Gasteiger partial charge in [-0.3, -0.25) is 9.79 Å². The number of sulfone groups is 1. The molecule has 9 heteroatoms. The van der Waals surface area contributed by atoms with E-state index in [9.17, 15) is 13.2 Å². The minimum absolute atomic E-state index is 0. The van der Waals surface area contributed by atoms with Gasteiger partial charge in [-0.2, -0.15) is 0 Å². The number of nitrogens with one attached hydrogen (secondary N) is 2. The quantitative estimate of drug-likeness (QED) is 0.338. The van der Waals surface area contributed by atoms with Crippen molar-refractivity contribution in [2.24, 2.45) is 10.9 Å². The van der Waals surface area contributed by atoms with Gasteiger partial charge in [-0.25, -0.2) is 8.42 Å². The van der Waals surface area contributed by atoms with Crippen LogP contribution in [0.1, 0.15) is 31.4 Å². The van der Waals surface area contributed by atoms with Crippen molar-refractivity contribution in [3.63, 3.8) is 0 Å². The maximum Gasteiger partial charge on any atom is 0.225 e. The molecule has 0 saturated carbocycles. The predicted octanol–water partition coefficient (Wildman–Crippen LogP) is 1.77. The summed E-state index contributed by atoms with van der Waals surface area (Å²) in [5.41, 5.74) is 1.82. The maximum atomic E-state index is 12.1. The Morgan fingerprint density at radius 1 is 1.25 bits per heavy atom. The van der Waals surface area contributed by atoms with Crippen LogP contribution in [0.4, 0.5) is 0 Å². The van der Waals surface area contributed by atoms with Crippen LogP contribution < -0.4 is 10.6 Å². The minimum atomic E-state index is -3.02. The molecule has 0 aliphatic carbocycles. The number of carbonyl (C=O) groups excluding carboxylic acids is 1. The number of carbonyl (C=O) groups is 1. The van der Waals surface area contributed by atoms with E-state index in [0.717, 1.165) is 24.1 Å². The summed E-state index contributed by atoms with van der Waals surface area (Å²) in [5.74, 6) is 0.958. The van der Waals surface area contributed by atoms with E-state index in [1.54, 1.807) is 7.05 Å². The second-order valence-electron chi connectivity index (χ2n) is 7.38. The first kappa shape index (κ1) is 24.7. The summed E-state index contributed by atoms with van der Waals surface area (Å²) in [6, 6.07) is 7.69. The van der Waals surface area contributed by atoms with Crippen molar-refractivity contribution in [3.05, 3.63) is 35.4 Å². The number of amides is 1. The third-order valence-corrected chi connectivity index (χ3v) is 5.33.